The standard InChI is InChI=1S/C64H50N2Si/c1-3-5-31-67(32-6-4-2)61-36-43(23-26-55(61)60-37-58-53-17-9-7-15-51(53)52-16-8-10-18-54(52)59(58)38-62(60)67)49-24-19-41-22-28-57-50(25-20-42-21-27-56(49)63(41)64(42)57)48-34-46(44-13-11-29-65-39-44)33-47(35-48)45-14-12-30-66-40-45/h7-30,33-40H,3-6,31-32H2,1-2H3. The first-order valence-electron chi connectivity index (χ1n) is 24.3. The molecule has 0 saturated heterocycles. The van der Waals surface area contributed by atoms with Crippen molar-refractivity contribution in [3.63, 3.8) is 0 Å². The van der Waals surface area contributed by atoms with Crippen LogP contribution < -0.4 is 10.4 Å². The van der Waals surface area contributed by atoms with E-state index < -0.39 is 8.07 Å². The van der Waals surface area contributed by atoms with E-state index in [9.17, 15) is 0 Å². The summed E-state index contributed by atoms with van der Waals surface area (Å²) in [5.41, 5.74) is 12.5. The Morgan fingerprint density at radius 2 is 0.821 bits per heavy atom. The fraction of sp³-hybridized carbons (Fsp3) is 0.125. The molecule has 0 radical (unpaired) electrons. The molecule has 67 heavy (non-hydrogen) atoms. The molecule has 10 aromatic carbocycles. The maximum Gasteiger partial charge on any atom is 0.119 e. The molecule has 1 aliphatic rings. The molecule has 0 atom stereocenters. The fourth-order valence-electron chi connectivity index (χ4n) is 12.2. The van der Waals surface area contributed by atoms with Crippen LogP contribution >= 0.6 is 0 Å². The van der Waals surface area contributed by atoms with Crippen molar-refractivity contribution < 1.29 is 0 Å². The van der Waals surface area contributed by atoms with Gasteiger partial charge in [-0.15, -0.1) is 0 Å². The number of nitrogens with zero attached hydrogens (tertiary/aromatic N) is 2. The van der Waals surface area contributed by atoms with Crippen molar-refractivity contribution in [1.29, 1.82) is 0 Å². The molecule has 0 saturated carbocycles. The van der Waals surface area contributed by atoms with Gasteiger partial charge >= 0.3 is 0 Å². The Kier molecular flexibility index (Phi) is 9.44. The van der Waals surface area contributed by atoms with Crippen molar-refractivity contribution in [3.05, 3.63) is 195 Å². The van der Waals surface area contributed by atoms with E-state index in [0.717, 1.165) is 22.3 Å². The van der Waals surface area contributed by atoms with E-state index in [4.69, 9.17) is 0 Å². The lowest BCUT2D eigenvalue weighted by Crippen LogP contribution is -2.55. The molecular formula is C64H50N2Si. The lowest BCUT2D eigenvalue weighted by molar-refractivity contribution is 0.838. The van der Waals surface area contributed by atoms with Crippen molar-refractivity contribution in [2.75, 3.05) is 0 Å². The average Bonchev–Trinajstić information content (AvgIpc) is 3.66. The van der Waals surface area contributed by atoms with Crippen molar-refractivity contribution >= 4 is 83.1 Å². The quantitative estimate of drug-likeness (QED) is 0.101. The van der Waals surface area contributed by atoms with Crippen LogP contribution in [0.1, 0.15) is 39.5 Å². The molecule has 12 aromatic rings. The number of unbranched alkanes of at least 4 members (excludes halogenated alkanes) is 2. The lowest BCUT2D eigenvalue weighted by atomic mass is 9.86. The highest BCUT2D eigenvalue weighted by atomic mass is 28.3. The molecule has 13 rings (SSSR count). The molecule has 0 bridgehead atoms. The molecule has 0 unspecified atom stereocenters. The van der Waals surface area contributed by atoms with E-state index in [1.165, 1.54) is 136 Å². The summed E-state index contributed by atoms with van der Waals surface area (Å²) in [6.45, 7) is 4.75. The predicted molar refractivity (Wildman–Crippen MR) is 290 cm³/mol. The molecule has 0 amide bonds. The summed E-state index contributed by atoms with van der Waals surface area (Å²) in [6, 6.07) is 67.8. The highest BCUT2D eigenvalue weighted by Gasteiger charge is 2.45. The third-order valence-corrected chi connectivity index (χ3v) is 20.7. The molecule has 3 heterocycles. The lowest BCUT2D eigenvalue weighted by Gasteiger charge is -2.31. The van der Waals surface area contributed by atoms with Crippen LogP contribution in [0.25, 0.3) is 120 Å². The minimum absolute atomic E-state index is 1.10. The van der Waals surface area contributed by atoms with Crippen LogP contribution in [-0.4, -0.2) is 18.0 Å². The van der Waals surface area contributed by atoms with Gasteiger partial charge in [0, 0.05) is 35.9 Å². The summed E-state index contributed by atoms with van der Waals surface area (Å²) in [7, 11) is -2.19. The second-order valence-corrected chi connectivity index (χ2v) is 23.3. The Bertz CT molecular complexity index is 3830. The summed E-state index contributed by atoms with van der Waals surface area (Å²) in [5.74, 6) is 0. The first-order chi connectivity index (χ1) is 33.1. The zero-order valence-electron chi connectivity index (χ0n) is 38.1. The number of hydrogen-bond acceptors (Lipinski definition) is 2. The highest BCUT2D eigenvalue weighted by Crippen LogP contribution is 2.46. The summed E-state index contributed by atoms with van der Waals surface area (Å²) < 4.78 is 0. The van der Waals surface area contributed by atoms with Crippen molar-refractivity contribution in [3.8, 4) is 55.6 Å². The van der Waals surface area contributed by atoms with Crippen LogP contribution in [0, 0.1) is 0 Å². The van der Waals surface area contributed by atoms with Crippen LogP contribution in [0.4, 0.5) is 0 Å². The Labute approximate surface area is 393 Å². The molecule has 320 valence electrons. The molecule has 3 heteroatoms. The fourth-order valence-corrected chi connectivity index (χ4v) is 18.0. The van der Waals surface area contributed by atoms with Gasteiger partial charge in [-0.1, -0.05) is 173 Å². The minimum atomic E-state index is -2.19. The molecule has 2 nitrogen and oxygen atoms in total. The van der Waals surface area contributed by atoms with Gasteiger partial charge in [-0.3, -0.25) is 9.97 Å². The zero-order chi connectivity index (χ0) is 44.6. The molecule has 0 aliphatic carbocycles. The van der Waals surface area contributed by atoms with Gasteiger partial charge in [-0.25, -0.2) is 0 Å². The van der Waals surface area contributed by atoms with E-state index in [-0.39, 0.29) is 0 Å². The van der Waals surface area contributed by atoms with E-state index in [0.29, 0.717) is 0 Å². The van der Waals surface area contributed by atoms with E-state index in [1.807, 2.05) is 36.9 Å². The second kappa shape index (κ2) is 15.9. The molecule has 0 spiro atoms. The van der Waals surface area contributed by atoms with E-state index in [1.54, 1.807) is 10.4 Å². The SMILES string of the molecule is CCCC[Si]1(CCCC)c2cc(-c3ccc4ccc5c(-c6cc(-c7cccnc7)cc(-c7cccnc7)c6)ccc6ccc3c4c65)ccc2-c2cc3c4ccccc4c4ccccc4c3cc21. The first-order valence-corrected chi connectivity index (χ1v) is 26.7. The normalized spacial score (nSPS) is 13.1. The Morgan fingerprint density at radius 3 is 1.36 bits per heavy atom. The molecule has 2 aromatic heterocycles. The first kappa shape index (κ1) is 39.9. The number of fused-ring (bicyclic) bond motifs is 9. The number of benzene rings is 10. The Morgan fingerprint density at radius 1 is 0.343 bits per heavy atom. The molecular weight excluding hydrogens is 825 g/mol. The number of pyridine rings is 2. The monoisotopic (exact) mass is 874 g/mol. The van der Waals surface area contributed by atoms with Gasteiger partial charge < -0.3 is 0 Å². The number of hydrogen-bond donors (Lipinski definition) is 0. The topological polar surface area (TPSA) is 25.8 Å². The smallest absolute Gasteiger partial charge is 0.119 e. The largest absolute Gasteiger partial charge is 0.264 e. The third-order valence-electron chi connectivity index (χ3n) is 15.3. The Hall–Kier alpha value is -7.46. The second-order valence-electron chi connectivity index (χ2n) is 19.0. The van der Waals surface area contributed by atoms with Gasteiger partial charge in [0.15, 0.2) is 0 Å². The van der Waals surface area contributed by atoms with Crippen LogP contribution in [0.15, 0.2) is 195 Å². The number of aromatic nitrogens is 2. The van der Waals surface area contributed by atoms with Gasteiger partial charge in [0.1, 0.15) is 8.07 Å². The van der Waals surface area contributed by atoms with Crippen molar-refractivity contribution in [2.24, 2.45) is 0 Å². The average molecular weight is 875 g/mol. The third kappa shape index (κ3) is 6.21. The summed E-state index contributed by atoms with van der Waals surface area (Å²) in [4.78, 5) is 8.98. The van der Waals surface area contributed by atoms with E-state index in [2.05, 4.69) is 182 Å². The van der Waals surface area contributed by atoms with Gasteiger partial charge in [0.05, 0.1) is 0 Å². The van der Waals surface area contributed by atoms with Gasteiger partial charge in [0.25, 0.3) is 0 Å². The van der Waals surface area contributed by atoms with E-state index >= 15 is 0 Å². The predicted octanol–water partition coefficient (Wildman–Crippen LogP) is 16.6. The molecule has 0 N–H and O–H groups in total. The molecule has 0 fully saturated rings. The summed E-state index contributed by atoms with van der Waals surface area (Å²) >= 11 is 0. The van der Waals surface area contributed by atoms with Gasteiger partial charge in [-0.2, -0.15) is 0 Å². The maximum absolute atomic E-state index is 4.49. The van der Waals surface area contributed by atoms with Crippen LogP contribution in [0.5, 0.6) is 0 Å². The summed E-state index contributed by atoms with van der Waals surface area (Å²) in [5, 5.41) is 19.3. The van der Waals surface area contributed by atoms with Crippen LogP contribution in [0.3, 0.4) is 0 Å². The van der Waals surface area contributed by atoms with Crippen LogP contribution in [-0.2, 0) is 0 Å². The minimum Gasteiger partial charge on any atom is -0.264 e. The molecule has 1 aliphatic heterocycles. The zero-order valence-corrected chi connectivity index (χ0v) is 39.1. The highest BCUT2D eigenvalue weighted by molar-refractivity contribution is 7.05. The number of rotatable bonds is 10. The van der Waals surface area contributed by atoms with Crippen molar-refractivity contribution in [2.45, 2.75) is 51.6 Å². The maximum atomic E-state index is 4.49. The van der Waals surface area contributed by atoms with Gasteiger partial charge in [0.2, 0.25) is 0 Å². The van der Waals surface area contributed by atoms with Crippen LogP contribution in [0.2, 0.25) is 12.1 Å². The van der Waals surface area contributed by atoms with Gasteiger partial charge in [-0.05, 0) is 168 Å². The summed E-state index contributed by atoms with van der Waals surface area (Å²) in [6.07, 6.45) is 12.5. The van der Waals surface area contributed by atoms with Crippen molar-refractivity contribution in [1.82, 2.24) is 9.97 Å². The Balaban J connectivity index is 1.01.